The van der Waals surface area contributed by atoms with E-state index in [0.717, 1.165) is 19.3 Å². The SMILES string of the molecule is CCCC(C)(CN1c2ccccc2CCC1C)C(=O)O. The molecule has 20 heavy (non-hydrogen) atoms. The highest BCUT2D eigenvalue weighted by Crippen LogP contribution is 2.35. The molecule has 2 rings (SSSR count). The smallest absolute Gasteiger partial charge is 0.311 e. The molecule has 0 saturated carbocycles. The topological polar surface area (TPSA) is 40.5 Å². The van der Waals surface area contributed by atoms with Crippen molar-refractivity contribution in [3.05, 3.63) is 29.8 Å². The molecule has 3 nitrogen and oxygen atoms in total. The van der Waals surface area contributed by atoms with Gasteiger partial charge in [-0.05, 0) is 44.7 Å². The molecular formula is C17H25NO2. The number of carboxylic acids is 1. The number of fused-ring (bicyclic) bond motifs is 1. The van der Waals surface area contributed by atoms with Crippen LogP contribution in [0.5, 0.6) is 0 Å². The van der Waals surface area contributed by atoms with E-state index in [2.05, 4.69) is 36.9 Å². The zero-order chi connectivity index (χ0) is 14.8. The van der Waals surface area contributed by atoms with Crippen molar-refractivity contribution >= 4 is 11.7 Å². The molecule has 1 aromatic carbocycles. The first kappa shape index (κ1) is 14.9. The molecule has 1 aromatic rings. The number of carbonyl (C=O) groups is 1. The van der Waals surface area contributed by atoms with Gasteiger partial charge in [0.25, 0.3) is 0 Å². The predicted octanol–water partition coefficient (Wildman–Crippen LogP) is 3.72. The highest BCUT2D eigenvalue weighted by molar-refractivity contribution is 5.75. The first-order valence-corrected chi connectivity index (χ1v) is 7.56. The summed E-state index contributed by atoms with van der Waals surface area (Å²) in [6, 6.07) is 8.79. The molecule has 0 bridgehead atoms. The number of rotatable bonds is 5. The number of aryl methyl sites for hydroxylation is 1. The van der Waals surface area contributed by atoms with Gasteiger partial charge in [-0.1, -0.05) is 31.5 Å². The van der Waals surface area contributed by atoms with E-state index in [4.69, 9.17) is 0 Å². The minimum absolute atomic E-state index is 0.403. The second kappa shape index (κ2) is 5.86. The van der Waals surface area contributed by atoms with E-state index < -0.39 is 11.4 Å². The standard InChI is InChI=1S/C17H25NO2/c1-4-11-17(3,16(19)20)12-18-13(2)9-10-14-7-5-6-8-15(14)18/h5-8,13H,4,9-12H2,1-3H3,(H,19,20). The molecule has 0 spiro atoms. The van der Waals surface area contributed by atoms with Crippen LogP contribution in [0.4, 0.5) is 5.69 Å². The molecule has 1 aliphatic rings. The van der Waals surface area contributed by atoms with Crippen LogP contribution >= 0.6 is 0 Å². The Balaban J connectivity index is 2.29. The molecule has 0 aromatic heterocycles. The quantitative estimate of drug-likeness (QED) is 0.890. The second-order valence-corrected chi connectivity index (χ2v) is 6.26. The maximum Gasteiger partial charge on any atom is 0.311 e. The minimum Gasteiger partial charge on any atom is -0.481 e. The highest BCUT2D eigenvalue weighted by Gasteiger charge is 2.37. The number of carboxylic acid groups (broad SMARTS) is 1. The average molecular weight is 275 g/mol. The van der Waals surface area contributed by atoms with Gasteiger partial charge in [0.2, 0.25) is 0 Å². The summed E-state index contributed by atoms with van der Waals surface area (Å²) < 4.78 is 0. The summed E-state index contributed by atoms with van der Waals surface area (Å²) in [5.74, 6) is -0.686. The van der Waals surface area contributed by atoms with Crippen LogP contribution in [0.25, 0.3) is 0 Å². The van der Waals surface area contributed by atoms with Crippen molar-refractivity contribution in [1.29, 1.82) is 0 Å². The monoisotopic (exact) mass is 275 g/mol. The molecule has 0 fully saturated rings. The molecular weight excluding hydrogens is 250 g/mol. The van der Waals surface area contributed by atoms with Crippen molar-refractivity contribution in [3.63, 3.8) is 0 Å². The molecule has 110 valence electrons. The van der Waals surface area contributed by atoms with Crippen LogP contribution in [0.15, 0.2) is 24.3 Å². The molecule has 1 heterocycles. The number of hydrogen-bond donors (Lipinski definition) is 1. The first-order chi connectivity index (χ1) is 9.48. The lowest BCUT2D eigenvalue weighted by molar-refractivity contribution is -0.147. The van der Waals surface area contributed by atoms with Gasteiger partial charge >= 0.3 is 5.97 Å². The van der Waals surface area contributed by atoms with Crippen LogP contribution in [-0.2, 0) is 11.2 Å². The van der Waals surface area contributed by atoms with Gasteiger partial charge in [-0.15, -0.1) is 0 Å². The summed E-state index contributed by atoms with van der Waals surface area (Å²) in [5.41, 5.74) is 1.89. The summed E-state index contributed by atoms with van der Waals surface area (Å²) in [5, 5.41) is 9.60. The summed E-state index contributed by atoms with van der Waals surface area (Å²) in [7, 11) is 0. The maximum absolute atomic E-state index is 11.7. The van der Waals surface area contributed by atoms with Crippen LogP contribution in [0.2, 0.25) is 0 Å². The van der Waals surface area contributed by atoms with Gasteiger partial charge in [0, 0.05) is 18.3 Å². The maximum atomic E-state index is 11.7. The van der Waals surface area contributed by atoms with Crippen molar-refractivity contribution in [2.45, 2.75) is 52.5 Å². The molecule has 0 amide bonds. The van der Waals surface area contributed by atoms with Crippen molar-refractivity contribution < 1.29 is 9.90 Å². The summed E-state index contributed by atoms with van der Waals surface area (Å²) in [6.07, 6.45) is 3.80. The van der Waals surface area contributed by atoms with Crippen molar-refractivity contribution in [2.75, 3.05) is 11.4 Å². The molecule has 2 unspecified atom stereocenters. The second-order valence-electron chi connectivity index (χ2n) is 6.26. The normalized spacial score (nSPS) is 21.1. The van der Waals surface area contributed by atoms with Crippen LogP contribution in [0.1, 0.15) is 45.6 Å². The summed E-state index contributed by atoms with van der Waals surface area (Å²) in [6.45, 7) is 6.72. The van der Waals surface area contributed by atoms with Crippen LogP contribution in [0.3, 0.4) is 0 Å². The fourth-order valence-electron chi connectivity index (χ4n) is 3.18. The Morgan fingerprint density at radius 3 is 2.80 bits per heavy atom. The van der Waals surface area contributed by atoms with Crippen molar-refractivity contribution in [1.82, 2.24) is 0 Å². The van der Waals surface area contributed by atoms with Gasteiger partial charge in [0.05, 0.1) is 5.41 Å². The van der Waals surface area contributed by atoms with Crippen LogP contribution < -0.4 is 4.90 Å². The van der Waals surface area contributed by atoms with Gasteiger partial charge in [0.15, 0.2) is 0 Å². The van der Waals surface area contributed by atoms with Crippen molar-refractivity contribution in [2.24, 2.45) is 5.41 Å². The average Bonchev–Trinajstić information content (AvgIpc) is 2.42. The highest BCUT2D eigenvalue weighted by atomic mass is 16.4. The van der Waals surface area contributed by atoms with Gasteiger partial charge in [-0.3, -0.25) is 4.79 Å². The molecule has 2 atom stereocenters. The Morgan fingerprint density at radius 1 is 1.45 bits per heavy atom. The molecule has 0 aliphatic carbocycles. The van der Waals surface area contributed by atoms with Crippen LogP contribution in [0, 0.1) is 5.41 Å². The Labute approximate surface area is 121 Å². The van der Waals surface area contributed by atoms with Crippen LogP contribution in [-0.4, -0.2) is 23.7 Å². The molecule has 3 heteroatoms. The zero-order valence-corrected chi connectivity index (χ0v) is 12.7. The summed E-state index contributed by atoms with van der Waals surface area (Å²) in [4.78, 5) is 14.0. The third-order valence-electron chi connectivity index (χ3n) is 4.50. The molecule has 0 saturated heterocycles. The fourth-order valence-corrected chi connectivity index (χ4v) is 3.18. The molecule has 1 N–H and O–H groups in total. The van der Waals surface area contributed by atoms with Gasteiger partial charge < -0.3 is 10.0 Å². The van der Waals surface area contributed by atoms with E-state index in [1.807, 2.05) is 13.0 Å². The minimum atomic E-state index is -0.686. The number of para-hydroxylation sites is 1. The van der Waals surface area contributed by atoms with E-state index in [-0.39, 0.29) is 0 Å². The largest absolute Gasteiger partial charge is 0.481 e. The van der Waals surface area contributed by atoms with E-state index in [9.17, 15) is 9.90 Å². The lowest BCUT2D eigenvalue weighted by atomic mass is 9.83. The lowest BCUT2D eigenvalue weighted by Crippen LogP contribution is -2.47. The molecule has 1 aliphatic heterocycles. The Bertz CT molecular complexity index is 486. The third kappa shape index (κ3) is 2.82. The Kier molecular flexibility index (Phi) is 4.36. The van der Waals surface area contributed by atoms with Gasteiger partial charge in [-0.2, -0.15) is 0 Å². The van der Waals surface area contributed by atoms with Crippen molar-refractivity contribution in [3.8, 4) is 0 Å². The molecule has 0 radical (unpaired) electrons. The number of nitrogens with zero attached hydrogens (tertiary/aromatic N) is 1. The fraction of sp³-hybridized carbons (Fsp3) is 0.588. The lowest BCUT2D eigenvalue weighted by Gasteiger charge is -2.41. The number of aliphatic carboxylic acids is 1. The zero-order valence-electron chi connectivity index (χ0n) is 12.7. The van der Waals surface area contributed by atoms with Gasteiger partial charge in [0.1, 0.15) is 0 Å². The summed E-state index contributed by atoms with van der Waals surface area (Å²) >= 11 is 0. The number of benzene rings is 1. The number of anilines is 1. The van der Waals surface area contributed by atoms with Gasteiger partial charge in [-0.25, -0.2) is 0 Å². The van der Waals surface area contributed by atoms with E-state index in [0.29, 0.717) is 19.0 Å². The van der Waals surface area contributed by atoms with E-state index in [1.165, 1.54) is 11.3 Å². The number of hydrogen-bond acceptors (Lipinski definition) is 2. The Morgan fingerprint density at radius 2 is 2.15 bits per heavy atom. The van der Waals surface area contributed by atoms with E-state index >= 15 is 0 Å². The van der Waals surface area contributed by atoms with E-state index in [1.54, 1.807) is 0 Å². The Hall–Kier alpha value is -1.51. The first-order valence-electron chi connectivity index (χ1n) is 7.56. The third-order valence-corrected chi connectivity index (χ3v) is 4.50. The predicted molar refractivity (Wildman–Crippen MR) is 82.2 cm³/mol.